The van der Waals surface area contributed by atoms with Crippen molar-refractivity contribution in [3.8, 4) is 16.2 Å². The number of carbonyl (C=O) groups is 3. The van der Waals surface area contributed by atoms with E-state index in [1.165, 1.54) is 16.2 Å². The zero-order chi connectivity index (χ0) is 26.0. The fraction of sp³-hybridized carbons (Fsp3) is 0.269. The van der Waals surface area contributed by atoms with Gasteiger partial charge in [-0.3, -0.25) is 14.4 Å². The van der Waals surface area contributed by atoms with Gasteiger partial charge in [0.1, 0.15) is 5.75 Å². The van der Waals surface area contributed by atoms with Crippen LogP contribution in [0.25, 0.3) is 10.4 Å². The van der Waals surface area contributed by atoms with Crippen LogP contribution in [0.1, 0.15) is 36.0 Å². The van der Waals surface area contributed by atoms with Crippen LogP contribution in [-0.2, 0) is 6.42 Å². The van der Waals surface area contributed by atoms with Crippen molar-refractivity contribution in [2.75, 3.05) is 45.7 Å². The first-order valence-electron chi connectivity index (χ1n) is 11.4. The van der Waals surface area contributed by atoms with Gasteiger partial charge in [0.05, 0.1) is 22.2 Å². The lowest BCUT2D eigenvalue weighted by Crippen LogP contribution is -2.31. The molecule has 4 rings (SSSR count). The summed E-state index contributed by atoms with van der Waals surface area (Å²) in [5.74, 6) is -0.388. The number of benzene rings is 2. The van der Waals surface area contributed by atoms with Crippen molar-refractivity contribution >= 4 is 46.3 Å². The summed E-state index contributed by atoms with van der Waals surface area (Å²) in [6.45, 7) is 1.67. The van der Waals surface area contributed by atoms with Gasteiger partial charge in [-0.2, -0.15) is 0 Å². The number of nitrogens with two attached hydrogens (primary N) is 1. The topological polar surface area (TPSA) is 105 Å². The Morgan fingerprint density at radius 2 is 1.83 bits per heavy atom. The SMILES string of the molecule is CN(C)CCNC(=O)c1ccc(N(C)C(=O)c2cc3c(s2)-c2ccc(C(N)=O)cc2OCC3)c(Cl)c1. The first kappa shape index (κ1) is 25.7. The summed E-state index contributed by atoms with van der Waals surface area (Å²) in [5.41, 5.74) is 8.53. The van der Waals surface area contributed by atoms with E-state index >= 15 is 0 Å². The molecule has 0 bridgehead atoms. The fourth-order valence-corrected chi connectivity index (χ4v) is 5.41. The number of likely N-dealkylation sites (N-methyl/N-ethyl adjacent to an activating group) is 1. The number of nitrogens with zero attached hydrogens (tertiary/aromatic N) is 2. The largest absolute Gasteiger partial charge is 0.493 e. The number of anilines is 1. The van der Waals surface area contributed by atoms with E-state index in [0.717, 1.165) is 22.5 Å². The molecule has 1 aromatic heterocycles. The van der Waals surface area contributed by atoms with E-state index in [0.29, 0.717) is 52.0 Å². The summed E-state index contributed by atoms with van der Waals surface area (Å²) in [6.07, 6.45) is 0.627. The normalized spacial score (nSPS) is 12.2. The van der Waals surface area contributed by atoms with E-state index in [2.05, 4.69) is 5.32 Å². The third-order valence-electron chi connectivity index (χ3n) is 5.88. The molecule has 1 aliphatic rings. The monoisotopic (exact) mass is 526 g/mol. The molecule has 3 N–H and O–H groups in total. The second kappa shape index (κ2) is 10.7. The number of thiophene rings is 1. The van der Waals surface area contributed by atoms with Crippen LogP contribution in [0.4, 0.5) is 5.69 Å². The minimum Gasteiger partial charge on any atom is -0.493 e. The third kappa shape index (κ3) is 5.38. The molecule has 188 valence electrons. The van der Waals surface area contributed by atoms with Crippen molar-refractivity contribution in [2.45, 2.75) is 6.42 Å². The van der Waals surface area contributed by atoms with Gasteiger partial charge in [-0.1, -0.05) is 11.6 Å². The van der Waals surface area contributed by atoms with E-state index in [-0.39, 0.29) is 11.8 Å². The molecule has 0 spiro atoms. The van der Waals surface area contributed by atoms with Crippen molar-refractivity contribution in [2.24, 2.45) is 5.73 Å². The Kier molecular flexibility index (Phi) is 7.63. The second-order valence-electron chi connectivity index (χ2n) is 8.73. The Hall–Kier alpha value is -3.40. The highest BCUT2D eigenvalue weighted by atomic mass is 35.5. The van der Waals surface area contributed by atoms with Crippen molar-refractivity contribution in [1.82, 2.24) is 10.2 Å². The molecule has 10 heteroatoms. The highest BCUT2D eigenvalue weighted by Gasteiger charge is 2.25. The number of ether oxygens (including phenoxy) is 1. The lowest BCUT2D eigenvalue weighted by atomic mass is 10.1. The zero-order valence-electron chi connectivity index (χ0n) is 20.3. The first-order chi connectivity index (χ1) is 17.2. The van der Waals surface area contributed by atoms with Crippen LogP contribution in [0.5, 0.6) is 5.75 Å². The molecule has 0 aliphatic carbocycles. The van der Waals surface area contributed by atoms with Crippen LogP contribution in [0.2, 0.25) is 5.02 Å². The highest BCUT2D eigenvalue weighted by Crippen LogP contribution is 2.42. The van der Waals surface area contributed by atoms with Crippen molar-refractivity contribution in [3.63, 3.8) is 0 Å². The Bertz CT molecular complexity index is 1340. The molecule has 36 heavy (non-hydrogen) atoms. The third-order valence-corrected chi connectivity index (χ3v) is 7.38. The summed E-state index contributed by atoms with van der Waals surface area (Å²) in [6, 6.07) is 11.9. The standard InChI is InChI=1S/C26H27ClN4O4S/c1-30(2)10-9-29-25(33)17-5-7-20(19(27)12-17)31(3)26(34)22-14-15-8-11-35-21-13-16(24(28)32)4-6-18(21)23(15)36-22/h4-7,12-14H,8-11H2,1-3H3,(H2,28,32)(H,29,33). The van der Waals surface area contributed by atoms with Gasteiger partial charge in [0, 0.05) is 48.1 Å². The van der Waals surface area contributed by atoms with Gasteiger partial charge in [-0.05, 0) is 62.1 Å². The summed E-state index contributed by atoms with van der Waals surface area (Å²) in [4.78, 5) is 42.3. The summed E-state index contributed by atoms with van der Waals surface area (Å²) >= 11 is 7.84. The molecule has 2 heterocycles. The zero-order valence-corrected chi connectivity index (χ0v) is 21.8. The number of rotatable bonds is 7. The molecule has 3 aromatic rings. The number of fused-ring (bicyclic) bond motifs is 3. The molecular weight excluding hydrogens is 500 g/mol. The minimum atomic E-state index is -0.525. The van der Waals surface area contributed by atoms with Gasteiger partial charge in [0.2, 0.25) is 5.91 Å². The van der Waals surface area contributed by atoms with Crippen LogP contribution in [-0.4, -0.2) is 63.5 Å². The van der Waals surface area contributed by atoms with Gasteiger partial charge in [-0.15, -0.1) is 11.3 Å². The minimum absolute atomic E-state index is 0.214. The second-order valence-corrected chi connectivity index (χ2v) is 10.2. The average molecular weight is 527 g/mol. The van der Waals surface area contributed by atoms with E-state index in [4.69, 9.17) is 22.1 Å². The van der Waals surface area contributed by atoms with E-state index in [9.17, 15) is 14.4 Å². The molecule has 3 amide bonds. The van der Waals surface area contributed by atoms with Crippen LogP contribution >= 0.6 is 22.9 Å². The summed E-state index contributed by atoms with van der Waals surface area (Å²) in [5, 5.41) is 3.16. The number of nitrogens with one attached hydrogen (secondary N) is 1. The maximum absolute atomic E-state index is 13.4. The number of hydrogen-bond acceptors (Lipinski definition) is 6. The predicted octanol–water partition coefficient (Wildman–Crippen LogP) is 3.67. The molecule has 0 fully saturated rings. The van der Waals surface area contributed by atoms with E-state index in [1.54, 1.807) is 43.4 Å². The fourth-order valence-electron chi connectivity index (χ4n) is 3.89. The van der Waals surface area contributed by atoms with E-state index < -0.39 is 5.91 Å². The van der Waals surface area contributed by atoms with E-state index in [1.807, 2.05) is 25.1 Å². The van der Waals surface area contributed by atoms with Crippen LogP contribution in [0.15, 0.2) is 42.5 Å². The van der Waals surface area contributed by atoms with Crippen LogP contribution in [0, 0.1) is 0 Å². The number of primary amides is 1. The maximum atomic E-state index is 13.4. The first-order valence-corrected chi connectivity index (χ1v) is 12.6. The summed E-state index contributed by atoms with van der Waals surface area (Å²) < 4.78 is 5.83. The molecular formula is C26H27ClN4O4S. The lowest BCUT2D eigenvalue weighted by molar-refractivity contribution is 0.0949. The number of hydrogen-bond donors (Lipinski definition) is 2. The highest BCUT2D eigenvalue weighted by molar-refractivity contribution is 7.17. The molecule has 2 aromatic carbocycles. The molecule has 0 radical (unpaired) electrons. The number of amides is 3. The molecule has 1 aliphatic heterocycles. The Morgan fingerprint density at radius 3 is 2.53 bits per heavy atom. The molecule has 0 saturated carbocycles. The quantitative estimate of drug-likeness (QED) is 0.489. The lowest BCUT2D eigenvalue weighted by Gasteiger charge is -2.19. The number of carbonyl (C=O) groups excluding carboxylic acids is 3. The van der Waals surface area contributed by atoms with Gasteiger partial charge in [-0.25, -0.2) is 0 Å². The summed E-state index contributed by atoms with van der Waals surface area (Å²) in [7, 11) is 5.52. The molecule has 8 nitrogen and oxygen atoms in total. The van der Waals surface area contributed by atoms with Gasteiger partial charge >= 0.3 is 0 Å². The van der Waals surface area contributed by atoms with Crippen LogP contribution < -0.4 is 20.7 Å². The molecule has 0 atom stereocenters. The molecule has 0 unspecified atom stereocenters. The van der Waals surface area contributed by atoms with Crippen LogP contribution in [0.3, 0.4) is 0 Å². The van der Waals surface area contributed by atoms with Gasteiger partial charge < -0.3 is 25.6 Å². The smallest absolute Gasteiger partial charge is 0.268 e. The number of halogens is 1. The van der Waals surface area contributed by atoms with Gasteiger partial charge in [0.25, 0.3) is 11.8 Å². The maximum Gasteiger partial charge on any atom is 0.268 e. The Labute approximate surface area is 218 Å². The Balaban J connectivity index is 1.55. The van der Waals surface area contributed by atoms with Crippen molar-refractivity contribution in [1.29, 1.82) is 0 Å². The average Bonchev–Trinajstić information content (AvgIpc) is 3.18. The van der Waals surface area contributed by atoms with Crippen molar-refractivity contribution in [3.05, 3.63) is 69.1 Å². The Morgan fingerprint density at radius 1 is 1.08 bits per heavy atom. The van der Waals surface area contributed by atoms with Crippen molar-refractivity contribution < 1.29 is 19.1 Å². The molecule has 0 saturated heterocycles. The van der Waals surface area contributed by atoms with Gasteiger partial charge in [0.15, 0.2) is 0 Å². The predicted molar refractivity (Wildman–Crippen MR) is 143 cm³/mol.